The van der Waals surface area contributed by atoms with Crippen molar-refractivity contribution in [1.29, 1.82) is 5.26 Å². The number of hydrogen-bond acceptors (Lipinski definition) is 3. The SMILES string of the molecule is Cc1ccc(-n2cc(-c3cccc(N)c3)cn2)c(C#N)c1. The highest BCUT2D eigenvalue weighted by molar-refractivity contribution is 5.66. The Balaban J connectivity index is 2.05. The Morgan fingerprint density at radius 3 is 2.76 bits per heavy atom. The van der Waals surface area contributed by atoms with Gasteiger partial charge in [0.15, 0.2) is 0 Å². The summed E-state index contributed by atoms with van der Waals surface area (Å²) in [5.74, 6) is 0. The summed E-state index contributed by atoms with van der Waals surface area (Å²) >= 11 is 0. The fourth-order valence-electron chi connectivity index (χ4n) is 2.26. The second-order valence-electron chi connectivity index (χ2n) is 4.93. The van der Waals surface area contributed by atoms with Crippen LogP contribution in [0.2, 0.25) is 0 Å². The van der Waals surface area contributed by atoms with Crippen LogP contribution in [0, 0.1) is 18.3 Å². The molecule has 1 heterocycles. The number of nitriles is 1. The number of rotatable bonds is 2. The maximum absolute atomic E-state index is 9.26. The van der Waals surface area contributed by atoms with Gasteiger partial charge in [-0.1, -0.05) is 18.2 Å². The largest absolute Gasteiger partial charge is 0.399 e. The number of aryl methyl sites for hydroxylation is 1. The summed E-state index contributed by atoms with van der Waals surface area (Å²) in [5, 5.41) is 13.6. The zero-order valence-corrected chi connectivity index (χ0v) is 11.6. The molecule has 2 N–H and O–H groups in total. The first-order chi connectivity index (χ1) is 10.2. The van der Waals surface area contributed by atoms with Crippen molar-refractivity contribution in [2.24, 2.45) is 0 Å². The molecule has 0 saturated heterocycles. The zero-order chi connectivity index (χ0) is 14.8. The van der Waals surface area contributed by atoms with Gasteiger partial charge in [0.05, 0.1) is 17.4 Å². The van der Waals surface area contributed by atoms with Gasteiger partial charge in [-0.3, -0.25) is 0 Å². The molecule has 0 aliphatic rings. The molecule has 3 rings (SSSR count). The van der Waals surface area contributed by atoms with Crippen molar-refractivity contribution in [1.82, 2.24) is 9.78 Å². The number of aromatic nitrogens is 2. The maximum atomic E-state index is 9.26. The van der Waals surface area contributed by atoms with Gasteiger partial charge in [-0.05, 0) is 42.3 Å². The van der Waals surface area contributed by atoms with E-state index in [4.69, 9.17) is 5.73 Å². The molecule has 0 bridgehead atoms. The Morgan fingerprint density at radius 2 is 2.00 bits per heavy atom. The van der Waals surface area contributed by atoms with Crippen molar-refractivity contribution in [2.45, 2.75) is 6.92 Å². The molecule has 0 atom stereocenters. The van der Waals surface area contributed by atoms with Crippen LogP contribution in [0.3, 0.4) is 0 Å². The molecular weight excluding hydrogens is 260 g/mol. The van der Waals surface area contributed by atoms with Gasteiger partial charge in [0.25, 0.3) is 0 Å². The highest BCUT2D eigenvalue weighted by Gasteiger charge is 2.08. The summed E-state index contributed by atoms with van der Waals surface area (Å²) in [4.78, 5) is 0. The second kappa shape index (κ2) is 5.14. The molecule has 2 aromatic carbocycles. The van der Waals surface area contributed by atoms with E-state index in [-0.39, 0.29) is 0 Å². The van der Waals surface area contributed by atoms with Crippen LogP contribution >= 0.6 is 0 Å². The molecule has 102 valence electrons. The summed E-state index contributed by atoms with van der Waals surface area (Å²) < 4.78 is 1.72. The van der Waals surface area contributed by atoms with E-state index in [0.717, 1.165) is 22.4 Å². The van der Waals surface area contributed by atoms with Crippen LogP contribution in [-0.4, -0.2) is 9.78 Å². The molecule has 1 aromatic heterocycles. The van der Waals surface area contributed by atoms with Crippen LogP contribution in [-0.2, 0) is 0 Å². The Morgan fingerprint density at radius 1 is 1.14 bits per heavy atom. The summed E-state index contributed by atoms with van der Waals surface area (Å²) in [6.07, 6.45) is 3.68. The van der Waals surface area contributed by atoms with Crippen molar-refractivity contribution in [3.05, 3.63) is 66.0 Å². The van der Waals surface area contributed by atoms with E-state index in [0.29, 0.717) is 11.3 Å². The molecule has 4 heteroatoms. The number of nitrogens with two attached hydrogens (primary N) is 1. The molecule has 0 fully saturated rings. The van der Waals surface area contributed by atoms with Crippen molar-refractivity contribution >= 4 is 5.69 Å². The average Bonchev–Trinajstić information content (AvgIpc) is 2.96. The first-order valence-electron chi connectivity index (χ1n) is 6.59. The van der Waals surface area contributed by atoms with Gasteiger partial charge in [-0.25, -0.2) is 4.68 Å². The first kappa shape index (κ1) is 12.9. The van der Waals surface area contributed by atoms with E-state index in [1.807, 2.05) is 55.6 Å². The maximum Gasteiger partial charge on any atom is 0.101 e. The van der Waals surface area contributed by atoms with Crippen molar-refractivity contribution in [2.75, 3.05) is 5.73 Å². The molecule has 0 aliphatic heterocycles. The van der Waals surface area contributed by atoms with E-state index in [9.17, 15) is 5.26 Å². The van der Waals surface area contributed by atoms with Gasteiger partial charge in [0.2, 0.25) is 0 Å². The van der Waals surface area contributed by atoms with Crippen LogP contribution in [0.15, 0.2) is 54.9 Å². The predicted octanol–water partition coefficient (Wildman–Crippen LogP) is 3.30. The number of nitrogen functional groups attached to an aromatic ring is 1. The van der Waals surface area contributed by atoms with Crippen LogP contribution in [0.1, 0.15) is 11.1 Å². The molecule has 0 unspecified atom stereocenters. The molecular formula is C17H14N4. The molecule has 0 aliphatic carbocycles. The minimum atomic E-state index is 0.609. The van der Waals surface area contributed by atoms with Crippen LogP contribution in [0.4, 0.5) is 5.69 Å². The third-order valence-electron chi connectivity index (χ3n) is 3.32. The number of anilines is 1. The fourth-order valence-corrected chi connectivity index (χ4v) is 2.26. The summed E-state index contributed by atoms with van der Waals surface area (Å²) in [6.45, 7) is 1.96. The highest BCUT2D eigenvalue weighted by atomic mass is 15.3. The standard InChI is InChI=1S/C17H14N4/c1-12-5-6-17(14(7-12)9-18)21-11-15(10-20-21)13-3-2-4-16(19)8-13/h2-8,10-11H,19H2,1H3. The van der Waals surface area contributed by atoms with Crippen molar-refractivity contribution < 1.29 is 0 Å². The normalized spacial score (nSPS) is 10.3. The Labute approximate surface area is 123 Å². The monoisotopic (exact) mass is 274 g/mol. The van der Waals surface area contributed by atoms with E-state index in [1.165, 1.54) is 0 Å². The zero-order valence-electron chi connectivity index (χ0n) is 11.6. The molecule has 21 heavy (non-hydrogen) atoms. The van der Waals surface area contributed by atoms with E-state index >= 15 is 0 Å². The lowest BCUT2D eigenvalue weighted by molar-refractivity contribution is 0.877. The van der Waals surface area contributed by atoms with E-state index in [1.54, 1.807) is 10.9 Å². The van der Waals surface area contributed by atoms with Gasteiger partial charge in [0.1, 0.15) is 6.07 Å². The van der Waals surface area contributed by atoms with Gasteiger partial charge in [0, 0.05) is 17.4 Å². The quantitative estimate of drug-likeness (QED) is 0.729. The highest BCUT2D eigenvalue weighted by Crippen LogP contribution is 2.23. The average molecular weight is 274 g/mol. The second-order valence-corrected chi connectivity index (χ2v) is 4.93. The third kappa shape index (κ3) is 2.49. The minimum absolute atomic E-state index is 0.609. The van der Waals surface area contributed by atoms with E-state index in [2.05, 4.69) is 11.2 Å². The molecule has 0 saturated carbocycles. The summed E-state index contributed by atoms with van der Waals surface area (Å²) in [5.41, 5.74) is 10.9. The van der Waals surface area contributed by atoms with Gasteiger partial charge in [-0.15, -0.1) is 0 Å². The van der Waals surface area contributed by atoms with Crippen molar-refractivity contribution in [3.8, 4) is 22.9 Å². The van der Waals surface area contributed by atoms with Crippen LogP contribution < -0.4 is 5.73 Å². The minimum Gasteiger partial charge on any atom is -0.399 e. The smallest absolute Gasteiger partial charge is 0.101 e. The van der Waals surface area contributed by atoms with Crippen LogP contribution in [0.25, 0.3) is 16.8 Å². The molecule has 0 spiro atoms. The molecule has 3 aromatic rings. The summed E-state index contributed by atoms with van der Waals surface area (Å²) in [6, 6.07) is 15.6. The lowest BCUT2D eigenvalue weighted by atomic mass is 10.1. The molecule has 0 radical (unpaired) electrons. The van der Waals surface area contributed by atoms with E-state index < -0.39 is 0 Å². The fraction of sp³-hybridized carbons (Fsp3) is 0.0588. The van der Waals surface area contributed by atoms with Crippen molar-refractivity contribution in [3.63, 3.8) is 0 Å². The predicted molar refractivity (Wildman–Crippen MR) is 82.9 cm³/mol. The Kier molecular flexibility index (Phi) is 3.17. The number of benzene rings is 2. The first-order valence-corrected chi connectivity index (χ1v) is 6.59. The lowest BCUT2D eigenvalue weighted by Crippen LogP contribution is -1.98. The van der Waals surface area contributed by atoms with Gasteiger partial charge in [-0.2, -0.15) is 10.4 Å². The van der Waals surface area contributed by atoms with Crippen LogP contribution in [0.5, 0.6) is 0 Å². The van der Waals surface area contributed by atoms with Gasteiger partial charge >= 0.3 is 0 Å². The Hall–Kier alpha value is -3.06. The van der Waals surface area contributed by atoms with Gasteiger partial charge < -0.3 is 5.73 Å². The number of hydrogen-bond donors (Lipinski definition) is 1. The lowest BCUT2D eigenvalue weighted by Gasteiger charge is -2.04. The summed E-state index contributed by atoms with van der Waals surface area (Å²) in [7, 11) is 0. The topological polar surface area (TPSA) is 67.6 Å². The molecule has 0 amide bonds. The number of nitrogens with zero attached hydrogens (tertiary/aromatic N) is 3. The third-order valence-corrected chi connectivity index (χ3v) is 3.32. The Bertz CT molecular complexity index is 840. The molecule has 4 nitrogen and oxygen atoms in total.